The fraction of sp³-hybridized carbons (Fsp3) is 0.632. The molecule has 7 heteroatoms. The van der Waals surface area contributed by atoms with E-state index in [0.29, 0.717) is 17.8 Å². The minimum absolute atomic E-state index is 0.0427. The summed E-state index contributed by atoms with van der Waals surface area (Å²) in [5.74, 6) is 1.25. The summed E-state index contributed by atoms with van der Waals surface area (Å²) in [7, 11) is 0. The number of hydrogen-bond donors (Lipinski definition) is 0. The van der Waals surface area contributed by atoms with E-state index < -0.39 is 12.1 Å². The average molecular weight is 417 g/mol. The molecule has 4 fully saturated rings. The standard InChI is InChI=1S/C19H20Cl3NO3/c1-9(26-18(25)16-15(22)14(21)13(20)8-23-16)17(24)19-5-10-2-11(6-19)4-12(3-10)7-19/h8-12H,2-7H2,1H3/t9-,10?,11?,12?,19?/m1/s1. The molecule has 4 aliphatic rings. The Morgan fingerprint density at radius 1 is 1.08 bits per heavy atom. The van der Waals surface area contributed by atoms with Gasteiger partial charge < -0.3 is 4.74 Å². The van der Waals surface area contributed by atoms with E-state index in [0.717, 1.165) is 19.3 Å². The average Bonchev–Trinajstić information content (AvgIpc) is 2.57. The van der Waals surface area contributed by atoms with Gasteiger partial charge in [0.1, 0.15) is 0 Å². The van der Waals surface area contributed by atoms with E-state index in [2.05, 4.69) is 4.98 Å². The Morgan fingerprint density at radius 2 is 1.62 bits per heavy atom. The zero-order valence-electron chi connectivity index (χ0n) is 14.4. The lowest BCUT2D eigenvalue weighted by Gasteiger charge is -2.56. The third kappa shape index (κ3) is 3.04. The summed E-state index contributed by atoms with van der Waals surface area (Å²) in [6, 6.07) is 0. The zero-order valence-corrected chi connectivity index (χ0v) is 16.7. The smallest absolute Gasteiger partial charge is 0.359 e. The van der Waals surface area contributed by atoms with E-state index in [1.165, 1.54) is 25.5 Å². The van der Waals surface area contributed by atoms with E-state index in [-0.39, 0.29) is 32.0 Å². The van der Waals surface area contributed by atoms with Crippen LogP contribution in [0.4, 0.5) is 0 Å². The Hall–Kier alpha value is -0.840. The highest BCUT2D eigenvalue weighted by molar-refractivity contribution is 6.48. The van der Waals surface area contributed by atoms with Crippen LogP contribution in [0.5, 0.6) is 0 Å². The van der Waals surface area contributed by atoms with Crippen molar-refractivity contribution in [3.8, 4) is 0 Å². The van der Waals surface area contributed by atoms with Crippen molar-refractivity contribution in [1.29, 1.82) is 0 Å². The molecule has 1 aromatic heterocycles. The van der Waals surface area contributed by atoms with E-state index in [1.54, 1.807) is 6.92 Å². The second-order valence-electron chi connectivity index (χ2n) is 8.19. The topological polar surface area (TPSA) is 56.3 Å². The predicted octanol–water partition coefficient (Wildman–Crippen LogP) is 5.37. The molecular weight excluding hydrogens is 397 g/mol. The van der Waals surface area contributed by atoms with Crippen molar-refractivity contribution in [2.45, 2.75) is 51.6 Å². The number of esters is 1. The first-order valence-electron chi connectivity index (χ1n) is 9.04. The van der Waals surface area contributed by atoms with Crippen molar-refractivity contribution < 1.29 is 14.3 Å². The maximum absolute atomic E-state index is 13.2. The lowest BCUT2D eigenvalue weighted by molar-refractivity contribution is -0.152. The number of carbonyl (C=O) groups excluding carboxylic acids is 2. The number of halogens is 3. The van der Waals surface area contributed by atoms with E-state index >= 15 is 0 Å². The van der Waals surface area contributed by atoms with Gasteiger partial charge in [-0.3, -0.25) is 4.79 Å². The van der Waals surface area contributed by atoms with Crippen LogP contribution in [0.1, 0.15) is 55.9 Å². The molecular formula is C19H20Cl3NO3. The van der Waals surface area contributed by atoms with Gasteiger partial charge >= 0.3 is 5.97 Å². The highest BCUT2D eigenvalue weighted by Crippen LogP contribution is 2.60. The van der Waals surface area contributed by atoms with Gasteiger partial charge in [-0.05, 0) is 63.2 Å². The van der Waals surface area contributed by atoms with Crippen LogP contribution >= 0.6 is 34.8 Å². The first kappa shape index (κ1) is 18.5. The van der Waals surface area contributed by atoms with E-state index in [9.17, 15) is 9.59 Å². The monoisotopic (exact) mass is 415 g/mol. The van der Waals surface area contributed by atoms with Crippen molar-refractivity contribution in [2.24, 2.45) is 23.2 Å². The number of aromatic nitrogens is 1. The second kappa shape index (κ2) is 6.65. The van der Waals surface area contributed by atoms with E-state index in [1.807, 2.05) is 0 Å². The summed E-state index contributed by atoms with van der Waals surface area (Å²) in [6.45, 7) is 1.64. The fourth-order valence-corrected chi connectivity index (χ4v) is 6.26. The molecule has 0 aromatic carbocycles. The molecule has 0 unspecified atom stereocenters. The van der Waals surface area contributed by atoms with Crippen LogP contribution in [0.25, 0.3) is 0 Å². The van der Waals surface area contributed by atoms with Gasteiger partial charge in [-0.1, -0.05) is 34.8 Å². The molecule has 1 aromatic rings. The number of rotatable bonds is 4. The van der Waals surface area contributed by atoms with Crippen molar-refractivity contribution in [3.05, 3.63) is 27.0 Å². The number of carbonyl (C=O) groups is 2. The molecule has 4 bridgehead atoms. The van der Waals surface area contributed by atoms with Crippen molar-refractivity contribution >= 4 is 46.6 Å². The molecule has 1 heterocycles. The van der Waals surface area contributed by atoms with Crippen molar-refractivity contribution in [3.63, 3.8) is 0 Å². The lowest BCUT2D eigenvalue weighted by Crippen LogP contribution is -2.52. The molecule has 140 valence electrons. The first-order chi connectivity index (χ1) is 12.3. The number of ketones is 1. The number of hydrogen-bond acceptors (Lipinski definition) is 4. The van der Waals surface area contributed by atoms with Crippen LogP contribution in [0.3, 0.4) is 0 Å². The Kier molecular flexibility index (Phi) is 4.73. The van der Waals surface area contributed by atoms with Gasteiger partial charge in [0.05, 0.1) is 15.1 Å². The van der Waals surface area contributed by atoms with Gasteiger partial charge in [-0.2, -0.15) is 0 Å². The minimum Gasteiger partial charge on any atom is -0.450 e. The SMILES string of the molecule is C[C@@H](OC(=O)c1ncc(Cl)c(Cl)c1Cl)C(=O)C12CC3CC(CC(C3)C1)C2. The number of pyridine rings is 1. The molecule has 4 nitrogen and oxygen atoms in total. The van der Waals surface area contributed by atoms with Gasteiger partial charge in [0.25, 0.3) is 0 Å². The Bertz CT molecular complexity index is 744. The molecule has 4 aliphatic carbocycles. The maximum Gasteiger partial charge on any atom is 0.359 e. The Labute approximate surface area is 167 Å². The predicted molar refractivity (Wildman–Crippen MR) is 99.8 cm³/mol. The third-order valence-electron chi connectivity index (χ3n) is 6.32. The van der Waals surface area contributed by atoms with Gasteiger partial charge in [-0.25, -0.2) is 9.78 Å². The third-order valence-corrected chi connectivity index (χ3v) is 7.57. The van der Waals surface area contributed by atoms with Crippen LogP contribution in [0.15, 0.2) is 6.20 Å². The van der Waals surface area contributed by atoms with Crippen molar-refractivity contribution in [1.82, 2.24) is 4.98 Å². The van der Waals surface area contributed by atoms with Crippen LogP contribution in [0, 0.1) is 23.2 Å². The van der Waals surface area contributed by atoms with Crippen molar-refractivity contribution in [2.75, 3.05) is 0 Å². The summed E-state index contributed by atoms with van der Waals surface area (Å²) in [6.07, 6.45) is 6.99. The normalized spacial score (nSPS) is 33.2. The quantitative estimate of drug-likeness (QED) is 0.619. The Balaban J connectivity index is 1.50. The van der Waals surface area contributed by atoms with Crippen LogP contribution < -0.4 is 0 Å². The second-order valence-corrected chi connectivity index (χ2v) is 9.36. The molecule has 5 rings (SSSR count). The molecule has 1 atom stereocenters. The highest BCUT2D eigenvalue weighted by atomic mass is 35.5. The number of ether oxygens (including phenoxy) is 1. The van der Waals surface area contributed by atoms with Crippen LogP contribution in [0.2, 0.25) is 15.1 Å². The molecule has 0 aliphatic heterocycles. The lowest BCUT2D eigenvalue weighted by atomic mass is 9.48. The van der Waals surface area contributed by atoms with Gasteiger partial charge in [-0.15, -0.1) is 0 Å². The molecule has 26 heavy (non-hydrogen) atoms. The minimum atomic E-state index is -0.828. The summed E-state index contributed by atoms with van der Waals surface area (Å²) in [5.41, 5.74) is -0.435. The molecule has 4 saturated carbocycles. The molecule has 0 N–H and O–H groups in total. The Morgan fingerprint density at radius 3 is 2.15 bits per heavy atom. The van der Waals surface area contributed by atoms with Crippen LogP contribution in [-0.4, -0.2) is 22.8 Å². The first-order valence-corrected chi connectivity index (χ1v) is 10.2. The number of nitrogens with zero attached hydrogens (tertiary/aromatic N) is 1. The van der Waals surface area contributed by atoms with Gasteiger partial charge in [0, 0.05) is 11.6 Å². The van der Waals surface area contributed by atoms with Gasteiger partial charge in [0.2, 0.25) is 0 Å². The van der Waals surface area contributed by atoms with Gasteiger partial charge in [0.15, 0.2) is 17.6 Å². The summed E-state index contributed by atoms with van der Waals surface area (Å²) >= 11 is 17.8. The molecule has 0 spiro atoms. The zero-order chi connectivity index (χ0) is 18.6. The maximum atomic E-state index is 13.2. The largest absolute Gasteiger partial charge is 0.450 e. The fourth-order valence-electron chi connectivity index (χ4n) is 5.70. The van der Waals surface area contributed by atoms with E-state index in [4.69, 9.17) is 39.5 Å². The molecule has 0 saturated heterocycles. The molecule has 0 radical (unpaired) electrons. The number of Topliss-reactive ketones (excluding diaryl/α,β-unsaturated/α-hetero) is 1. The summed E-state index contributed by atoms with van der Waals surface area (Å²) in [5, 5.41) is 0.153. The molecule has 0 amide bonds. The summed E-state index contributed by atoms with van der Waals surface area (Å²) < 4.78 is 5.43. The van der Waals surface area contributed by atoms with Crippen LogP contribution in [-0.2, 0) is 9.53 Å². The highest BCUT2D eigenvalue weighted by Gasteiger charge is 2.55. The summed E-state index contributed by atoms with van der Waals surface area (Å²) in [4.78, 5) is 29.5.